The summed E-state index contributed by atoms with van der Waals surface area (Å²) in [5, 5.41) is 3.43. The summed E-state index contributed by atoms with van der Waals surface area (Å²) < 4.78 is 2.00. The molecule has 0 unspecified atom stereocenters. The Morgan fingerprint density at radius 3 is 3.10 bits per heavy atom. The highest BCUT2D eigenvalue weighted by Gasteiger charge is 2.42. The molecule has 2 saturated heterocycles. The number of carbonyl (C=O) groups is 1. The van der Waals surface area contributed by atoms with Crippen LogP contribution in [0, 0.1) is 0 Å². The second-order valence-corrected chi connectivity index (χ2v) is 5.74. The van der Waals surface area contributed by atoms with Crippen molar-refractivity contribution in [3.63, 3.8) is 0 Å². The molecule has 2 aromatic rings. The Morgan fingerprint density at radius 1 is 1.33 bits per heavy atom. The number of para-hydroxylation sites is 1. The smallest absolute Gasteiger partial charge is 0.224 e. The Balaban J connectivity index is 1.64. The average Bonchev–Trinajstić information content (AvgIpc) is 3.20. The molecular formula is C16H18N4O. The molecule has 4 rings (SSSR count). The van der Waals surface area contributed by atoms with Crippen molar-refractivity contribution in [2.75, 3.05) is 6.54 Å². The Kier molecular flexibility index (Phi) is 3.00. The van der Waals surface area contributed by atoms with Gasteiger partial charge in [-0.2, -0.15) is 0 Å². The van der Waals surface area contributed by atoms with Crippen LogP contribution in [0.15, 0.2) is 43.0 Å². The van der Waals surface area contributed by atoms with Crippen LogP contribution in [0.1, 0.15) is 18.4 Å². The number of amides is 1. The number of nitrogens with one attached hydrogen (secondary N) is 1. The van der Waals surface area contributed by atoms with Crippen molar-refractivity contribution in [1.29, 1.82) is 0 Å². The van der Waals surface area contributed by atoms with E-state index < -0.39 is 0 Å². The molecule has 108 valence electrons. The molecule has 5 heteroatoms. The van der Waals surface area contributed by atoms with Gasteiger partial charge in [-0.25, -0.2) is 4.98 Å². The van der Waals surface area contributed by atoms with Crippen LogP contribution in [0.25, 0.3) is 5.69 Å². The van der Waals surface area contributed by atoms with Gasteiger partial charge in [0, 0.05) is 37.4 Å². The first kappa shape index (κ1) is 12.6. The number of nitrogens with zero attached hydrogens (tertiary/aromatic N) is 3. The first-order chi connectivity index (χ1) is 10.3. The van der Waals surface area contributed by atoms with Gasteiger partial charge in [0.1, 0.15) is 0 Å². The summed E-state index contributed by atoms with van der Waals surface area (Å²) in [6, 6.07) is 8.91. The molecule has 2 aliphatic heterocycles. The van der Waals surface area contributed by atoms with Crippen LogP contribution in [-0.2, 0) is 11.3 Å². The van der Waals surface area contributed by atoms with E-state index in [4.69, 9.17) is 0 Å². The SMILES string of the molecule is O=C1C[C@H]2NCC[C@H]2N1Cc1ccccc1-n1ccnc1. The maximum atomic E-state index is 12.3. The van der Waals surface area contributed by atoms with Gasteiger partial charge in [0.05, 0.1) is 12.0 Å². The van der Waals surface area contributed by atoms with Crippen molar-refractivity contribution >= 4 is 5.91 Å². The molecule has 0 radical (unpaired) electrons. The van der Waals surface area contributed by atoms with Crippen molar-refractivity contribution in [3.05, 3.63) is 48.5 Å². The summed E-state index contributed by atoms with van der Waals surface area (Å²) in [4.78, 5) is 18.4. The van der Waals surface area contributed by atoms with E-state index in [0.29, 0.717) is 25.0 Å². The zero-order valence-corrected chi connectivity index (χ0v) is 11.8. The maximum absolute atomic E-state index is 12.3. The third-order valence-corrected chi connectivity index (χ3v) is 4.54. The molecule has 0 aliphatic carbocycles. The normalized spacial score (nSPS) is 24.6. The van der Waals surface area contributed by atoms with Crippen LogP contribution < -0.4 is 5.32 Å². The van der Waals surface area contributed by atoms with Crippen LogP contribution in [-0.4, -0.2) is 39.0 Å². The molecule has 5 nitrogen and oxygen atoms in total. The van der Waals surface area contributed by atoms with E-state index >= 15 is 0 Å². The number of imidazole rings is 1. The minimum atomic E-state index is 0.262. The van der Waals surface area contributed by atoms with Crippen LogP contribution >= 0.6 is 0 Å². The first-order valence-electron chi connectivity index (χ1n) is 7.42. The third kappa shape index (κ3) is 2.14. The first-order valence-corrected chi connectivity index (χ1v) is 7.42. The van der Waals surface area contributed by atoms with Gasteiger partial charge in [0.15, 0.2) is 0 Å². The number of rotatable bonds is 3. The Morgan fingerprint density at radius 2 is 2.24 bits per heavy atom. The lowest BCUT2D eigenvalue weighted by Crippen LogP contribution is -2.35. The Hall–Kier alpha value is -2.14. The monoisotopic (exact) mass is 282 g/mol. The van der Waals surface area contributed by atoms with E-state index in [1.807, 2.05) is 27.8 Å². The predicted octanol–water partition coefficient (Wildman–Crippen LogP) is 1.34. The number of benzene rings is 1. The van der Waals surface area contributed by atoms with Crippen LogP contribution in [0.3, 0.4) is 0 Å². The highest BCUT2D eigenvalue weighted by Crippen LogP contribution is 2.29. The molecule has 0 spiro atoms. The topological polar surface area (TPSA) is 50.2 Å². The second kappa shape index (κ2) is 5.00. The molecule has 1 N–H and O–H groups in total. The van der Waals surface area contributed by atoms with E-state index in [9.17, 15) is 4.79 Å². The van der Waals surface area contributed by atoms with Gasteiger partial charge < -0.3 is 14.8 Å². The number of hydrogen-bond acceptors (Lipinski definition) is 3. The number of aromatic nitrogens is 2. The van der Waals surface area contributed by atoms with Gasteiger partial charge >= 0.3 is 0 Å². The average molecular weight is 282 g/mol. The quantitative estimate of drug-likeness (QED) is 0.924. The zero-order chi connectivity index (χ0) is 14.2. The molecule has 0 bridgehead atoms. The Bertz CT molecular complexity index is 652. The highest BCUT2D eigenvalue weighted by molar-refractivity contribution is 5.80. The lowest BCUT2D eigenvalue weighted by Gasteiger charge is -2.24. The summed E-state index contributed by atoms with van der Waals surface area (Å²) in [6.45, 7) is 1.69. The fourth-order valence-corrected chi connectivity index (χ4v) is 3.51. The standard InChI is InChI=1S/C16H18N4O/c21-16-9-13-15(5-6-18-13)20(16)10-12-3-1-2-4-14(12)19-8-7-17-11-19/h1-4,7-8,11,13,15,18H,5-6,9-10H2/t13-,15-/m1/s1. The van der Waals surface area contributed by atoms with Gasteiger partial charge in [-0.3, -0.25) is 4.79 Å². The van der Waals surface area contributed by atoms with Crippen molar-refractivity contribution in [2.45, 2.75) is 31.5 Å². The zero-order valence-electron chi connectivity index (χ0n) is 11.8. The summed E-state index contributed by atoms with van der Waals surface area (Å²) in [5.41, 5.74) is 2.26. The fraction of sp³-hybridized carbons (Fsp3) is 0.375. The summed E-state index contributed by atoms with van der Waals surface area (Å²) in [5.74, 6) is 0.262. The molecule has 21 heavy (non-hydrogen) atoms. The molecule has 3 heterocycles. The predicted molar refractivity (Wildman–Crippen MR) is 78.9 cm³/mol. The second-order valence-electron chi connectivity index (χ2n) is 5.74. The number of likely N-dealkylation sites (tertiary alicyclic amines) is 1. The van der Waals surface area contributed by atoms with E-state index in [1.165, 1.54) is 0 Å². The third-order valence-electron chi connectivity index (χ3n) is 4.54. The summed E-state index contributed by atoms with van der Waals surface area (Å²) >= 11 is 0. The molecule has 2 fully saturated rings. The van der Waals surface area contributed by atoms with Crippen molar-refractivity contribution in [2.24, 2.45) is 0 Å². The van der Waals surface area contributed by atoms with Gasteiger partial charge in [-0.15, -0.1) is 0 Å². The largest absolute Gasteiger partial charge is 0.334 e. The molecule has 0 saturated carbocycles. The maximum Gasteiger partial charge on any atom is 0.224 e. The summed E-state index contributed by atoms with van der Waals surface area (Å²) in [6.07, 6.45) is 7.20. The number of fused-ring (bicyclic) bond motifs is 1. The lowest BCUT2D eigenvalue weighted by molar-refractivity contribution is -0.129. The molecule has 1 amide bonds. The van der Waals surface area contributed by atoms with E-state index in [1.54, 1.807) is 12.5 Å². The van der Waals surface area contributed by atoms with E-state index in [2.05, 4.69) is 22.4 Å². The van der Waals surface area contributed by atoms with Gasteiger partial charge in [0.25, 0.3) is 0 Å². The highest BCUT2D eigenvalue weighted by atomic mass is 16.2. The van der Waals surface area contributed by atoms with Gasteiger partial charge in [-0.05, 0) is 24.6 Å². The lowest BCUT2D eigenvalue weighted by atomic mass is 10.1. The number of hydrogen-bond donors (Lipinski definition) is 1. The van der Waals surface area contributed by atoms with Crippen molar-refractivity contribution in [3.8, 4) is 5.69 Å². The molecule has 1 aromatic carbocycles. The molecule has 2 atom stereocenters. The minimum Gasteiger partial charge on any atom is -0.334 e. The van der Waals surface area contributed by atoms with E-state index in [-0.39, 0.29) is 5.91 Å². The Labute approximate surface area is 123 Å². The van der Waals surface area contributed by atoms with Crippen molar-refractivity contribution < 1.29 is 4.79 Å². The van der Waals surface area contributed by atoms with Crippen LogP contribution in [0.2, 0.25) is 0 Å². The number of carbonyl (C=O) groups excluding carboxylic acids is 1. The molecule has 2 aliphatic rings. The molecular weight excluding hydrogens is 264 g/mol. The van der Waals surface area contributed by atoms with Crippen molar-refractivity contribution in [1.82, 2.24) is 19.8 Å². The fourth-order valence-electron chi connectivity index (χ4n) is 3.51. The van der Waals surface area contributed by atoms with Gasteiger partial charge in [0.2, 0.25) is 5.91 Å². The van der Waals surface area contributed by atoms with Crippen LogP contribution in [0.5, 0.6) is 0 Å². The van der Waals surface area contributed by atoms with Crippen LogP contribution in [0.4, 0.5) is 0 Å². The van der Waals surface area contributed by atoms with Gasteiger partial charge in [-0.1, -0.05) is 18.2 Å². The van der Waals surface area contributed by atoms with E-state index in [0.717, 1.165) is 24.2 Å². The summed E-state index contributed by atoms with van der Waals surface area (Å²) in [7, 11) is 0. The molecule has 1 aromatic heterocycles. The minimum absolute atomic E-state index is 0.262.